The van der Waals surface area contributed by atoms with E-state index in [0.717, 1.165) is 11.3 Å². The van der Waals surface area contributed by atoms with E-state index in [4.69, 9.17) is 0 Å². The number of benzene rings is 2. The molecule has 0 N–H and O–H groups in total. The number of hydrogen-bond acceptors (Lipinski definition) is 0. The summed E-state index contributed by atoms with van der Waals surface area (Å²) < 4.78 is 0. The van der Waals surface area contributed by atoms with Crippen molar-refractivity contribution in [2.45, 2.75) is 51.3 Å². The highest BCUT2D eigenvalue weighted by atomic mass is 79.9. The molecule has 2 aromatic rings. The molecule has 2 atom stereocenters. The van der Waals surface area contributed by atoms with Crippen molar-refractivity contribution >= 4 is 44.2 Å². The summed E-state index contributed by atoms with van der Waals surface area (Å²) in [7, 11) is 0. The van der Waals surface area contributed by atoms with Crippen LogP contribution in [0.3, 0.4) is 0 Å². The Morgan fingerprint density at radius 3 is 1.17 bits per heavy atom. The maximum Gasteiger partial charge on any atom is 0.00277 e. The van der Waals surface area contributed by atoms with Gasteiger partial charge in [-0.15, -0.1) is 0 Å². The average Bonchev–Trinajstić information content (AvgIpc) is 2.57. The third-order valence-electron chi connectivity index (χ3n) is 3.47. The fraction of sp³-hybridized carbons (Fsp3) is 0.400. The van der Waals surface area contributed by atoms with E-state index in [9.17, 15) is 0 Å². The maximum absolute atomic E-state index is 3.74. The lowest BCUT2D eigenvalue weighted by molar-refractivity contribution is 1.09. The number of halogens is 2. The lowest BCUT2D eigenvalue weighted by atomic mass is 10.2. The van der Waals surface area contributed by atoms with Crippen molar-refractivity contribution in [2.24, 2.45) is 0 Å². The summed E-state index contributed by atoms with van der Waals surface area (Å²) in [4.78, 5) is 0. The van der Waals surface area contributed by atoms with E-state index in [0.29, 0.717) is 0 Å². The van der Waals surface area contributed by atoms with Crippen LogP contribution in [0.2, 0.25) is 0 Å². The van der Waals surface area contributed by atoms with Gasteiger partial charge in [-0.05, 0) is 35.7 Å². The molecule has 0 radical (unpaired) electrons. The van der Waals surface area contributed by atoms with Crippen LogP contribution in [-0.4, -0.2) is 11.3 Å². The van der Waals surface area contributed by atoms with Gasteiger partial charge in [0.1, 0.15) is 0 Å². The molecule has 0 spiro atoms. The summed E-state index contributed by atoms with van der Waals surface area (Å²) in [5.41, 5.74) is 4.41. The van der Waals surface area contributed by atoms with Crippen LogP contribution in [0.25, 0.3) is 0 Å². The first kappa shape index (κ1) is 22.3. The van der Waals surface area contributed by atoms with Crippen LogP contribution in [0.4, 0.5) is 0 Å². The normalized spacial score (nSPS) is 13.3. The van der Waals surface area contributed by atoms with Crippen molar-refractivity contribution in [3.05, 3.63) is 71.8 Å². The van der Waals surface area contributed by atoms with Gasteiger partial charge in [0, 0.05) is 12.3 Å². The molecule has 0 heterocycles. The summed E-state index contributed by atoms with van der Waals surface area (Å²) in [5.74, 6) is 0. The molecule has 0 aromatic heterocycles. The molecule has 0 aliphatic heterocycles. The van der Waals surface area contributed by atoms with E-state index >= 15 is 0 Å². The predicted molar refractivity (Wildman–Crippen MR) is 122 cm³/mol. The van der Waals surface area contributed by atoms with Gasteiger partial charge in [-0.2, -0.15) is 0 Å². The number of hydrogen-bond donors (Lipinski definition) is 0. The van der Waals surface area contributed by atoms with E-state index in [1.807, 2.05) is 0 Å². The molecule has 0 aliphatic rings. The molecular formula is C20H28Br2P2. The van der Waals surface area contributed by atoms with Crippen LogP contribution in [0, 0.1) is 0 Å². The van der Waals surface area contributed by atoms with Gasteiger partial charge in [0.15, 0.2) is 0 Å². The molecule has 0 amide bonds. The SMILES string of the molecule is CC(C)P(Br)Cc1ccccc1.CC(C)P(Br)Cc1ccccc1. The van der Waals surface area contributed by atoms with E-state index in [2.05, 4.69) is 119 Å². The molecule has 0 saturated carbocycles. The minimum atomic E-state index is -0.00334. The minimum absolute atomic E-state index is 0.00334. The Bertz CT molecular complexity index is 493. The monoisotopic (exact) mass is 488 g/mol. The highest BCUT2D eigenvalue weighted by Gasteiger charge is 2.09. The van der Waals surface area contributed by atoms with Gasteiger partial charge >= 0.3 is 0 Å². The second-order valence-corrected chi connectivity index (χ2v) is 16.0. The first-order valence-electron chi connectivity index (χ1n) is 8.32. The Kier molecular flexibility index (Phi) is 11.7. The summed E-state index contributed by atoms with van der Waals surface area (Å²) in [5, 5.41) is 0. The average molecular weight is 490 g/mol. The Balaban J connectivity index is 0.000000240. The molecule has 0 nitrogen and oxygen atoms in total. The van der Waals surface area contributed by atoms with Crippen LogP contribution in [0.15, 0.2) is 60.7 Å². The van der Waals surface area contributed by atoms with Crippen molar-refractivity contribution in [1.29, 1.82) is 0 Å². The van der Waals surface area contributed by atoms with Crippen LogP contribution >= 0.6 is 44.2 Å². The molecule has 0 saturated heterocycles. The Hall–Kier alpha value is 0.260. The zero-order chi connectivity index (χ0) is 17.9. The molecular weight excluding hydrogens is 462 g/mol. The second-order valence-electron chi connectivity index (χ2n) is 6.27. The molecule has 2 aromatic carbocycles. The molecule has 0 fully saturated rings. The van der Waals surface area contributed by atoms with E-state index in [1.54, 1.807) is 0 Å². The van der Waals surface area contributed by atoms with Gasteiger partial charge in [-0.3, -0.25) is 0 Å². The van der Waals surface area contributed by atoms with Crippen LogP contribution < -0.4 is 0 Å². The fourth-order valence-electron chi connectivity index (χ4n) is 1.88. The van der Waals surface area contributed by atoms with Gasteiger partial charge < -0.3 is 0 Å². The number of rotatable bonds is 6. The second kappa shape index (κ2) is 12.6. The van der Waals surface area contributed by atoms with E-state index in [1.165, 1.54) is 23.5 Å². The molecule has 0 aliphatic carbocycles. The van der Waals surface area contributed by atoms with Crippen LogP contribution in [0.5, 0.6) is 0 Å². The Morgan fingerprint density at radius 1 is 0.625 bits per heavy atom. The first-order chi connectivity index (χ1) is 11.4. The van der Waals surface area contributed by atoms with Gasteiger partial charge in [0.05, 0.1) is 0 Å². The molecule has 132 valence electrons. The zero-order valence-electron chi connectivity index (χ0n) is 15.0. The van der Waals surface area contributed by atoms with Crippen molar-refractivity contribution < 1.29 is 0 Å². The molecule has 2 rings (SSSR count). The lowest BCUT2D eigenvalue weighted by Crippen LogP contribution is -1.90. The summed E-state index contributed by atoms with van der Waals surface area (Å²) in [6.45, 7) is 9.06. The smallest absolute Gasteiger partial charge is 0.00277 e. The highest BCUT2D eigenvalue weighted by Crippen LogP contribution is 2.52. The first-order valence-corrected chi connectivity index (χ1v) is 15.6. The summed E-state index contributed by atoms with van der Waals surface area (Å²) in [6, 6.07) is 21.3. The van der Waals surface area contributed by atoms with Crippen LogP contribution in [-0.2, 0) is 12.3 Å². The Labute approximate surface area is 166 Å². The van der Waals surface area contributed by atoms with E-state index in [-0.39, 0.29) is 13.2 Å². The van der Waals surface area contributed by atoms with Gasteiger partial charge in [0.25, 0.3) is 0 Å². The predicted octanol–water partition coefficient (Wildman–Crippen LogP) is 8.77. The summed E-state index contributed by atoms with van der Waals surface area (Å²) in [6.07, 6.45) is 2.38. The van der Waals surface area contributed by atoms with Gasteiger partial charge in [0.2, 0.25) is 0 Å². The van der Waals surface area contributed by atoms with Crippen molar-refractivity contribution in [3.63, 3.8) is 0 Å². The topological polar surface area (TPSA) is 0 Å². The standard InChI is InChI=1S/2C10H14BrP/c2*1-9(2)12(11)8-10-6-4-3-5-7-10/h2*3-7,9H,8H2,1-2H3. The quantitative estimate of drug-likeness (QED) is 0.355. The zero-order valence-corrected chi connectivity index (χ0v) is 20.0. The Morgan fingerprint density at radius 2 is 0.917 bits per heavy atom. The third kappa shape index (κ3) is 9.67. The van der Waals surface area contributed by atoms with Gasteiger partial charge in [-0.1, -0.05) is 119 Å². The lowest BCUT2D eigenvalue weighted by Gasteiger charge is -2.13. The minimum Gasteiger partial charge on any atom is -0.0622 e. The van der Waals surface area contributed by atoms with Crippen molar-refractivity contribution in [2.75, 3.05) is 0 Å². The molecule has 2 unspecified atom stereocenters. The molecule has 24 heavy (non-hydrogen) atoms. The van der Waals surface area contributed by atoms with Crippen molar-refractivity contribution in [3.8, 4) is 0 Å². The van der Waals surface area contributed by atoms with Crippen molar-refractivity contribution in [1.82, 2.24) is 0 Å². The highest BCUT2D eigenvalue weighted by molar-refractivity contribution is 9.39. The molecule has 0 bridgehead atoms. The summed E-state index contributed by atoms with van der Waals surface area (Å²) >= 11 is 7.49. The van der Waals surface area contributed by atoms with Gasteiger partial charge in [-0.25, -0.2) is 0 Å². The fourth-order valence-corrected chi connectivity index (χ4v) is 5.47. The van der Waals surface area contributed by atoms with E-state index < -0.39 is 0 Å². The van der Waals surface area contributed by atoms with Crippen LogP contribution in [0.1, 0.15) is 38.8 Å². The third-order valence-corrected chi connectivity index (χ3v) is 13.5. The molecule has 4 heteroatoms. The largest absolute Gasteiger partial charge is 0.0622 e. The maximum atomic E-state index is 3.74.